The van der Waals surface area contributed by atoms with Crippen molar-refractivity contribution in [3.05, 3.63) is 143 Å². The van der Waals surface area contributed by atoms with Crippen LogP contribution in [0.5, 0.6) is 0 Å². The van der Waals surface area contributed by atoms with Crippen LogP contribution in [0.1, 0.15) is 17.0 Å². The first-order valence-electron chi connectivity index (χ1n) is 12.6. The lowest BCUT2D eigenvalue weighted by molar-refractivity contribution is -0.671. The molecule has 0 amide bonds. The maximum absolute atomic E-state index is 4.99. The number of H-pyrrole nitrogens is 1. The Morgan fingerprint density at radius 2 is 1.42 bits per heavy atom. The largest absolute Gasteiger partial charge is 0.357 e. The number of aryl methyl sites for hydroxylation is 1. The lowest BCUT2D eigenvalue weighted by Gasteiger charge is -2.15. The summed E-state index contributed by atoms with van der Waals surface area (Å²) in [7, 11) is 4.04. The first-order chi connectivity index (χ1) is 18.6. The van der Waals surface area contributed by atoms with Crippen molar-refractivity contribution in [1.82, 2.24) is 9.88 Å². The Morgan fingerprint density at radius 3 is 2.18 bits per heavy atom. The normalized spacial score (nSPS) is 19.3. The van der Waals surface area contributed by atoms with E-state index in [9.17, 15) is 0 Å². The average molecular weight is 494 g/mol. The number of nitrogens with one attached hydrogen (secondary N) is 1. The van der Waals surface area contributed by atoms with Gasteiger partial charge in [0.25, 0.3) is 0 Å². The summed E-state index contributed by atoms with van der Waals surface area (Å²) in [5, 5.41) is 0. The van der Waals surface area contributed by atoms with Crippen molar-refractivity contribution in [3.8, 4) is 0 Å². The minimum Gasteiger partial charge on any atom is -0.357 e. The molecule has 0 aromatic carbocycles. The zero-order valence-corrected chi connectivity index (χ0v) is 21.1. The predicted octanol–water partition coefficient (Wildman–Crippen LogP) is 5.25. The Balaban J connectivity index is 1.43. The summed E-state index contributed by atoms with van der Waals surface area (Å²) in [6.45, 7) is 0. The van der Waals surface area contributed by atoms with Crippen molar-refractivity contribution in [2.75, 3.05) is 7.05 Å². The third-order valence-corrected chi connectivity index (χ3v) is 6.86. The van der Waals surface area contributed by atoms with Crippen LogP contribution in [-0.2, 0) is 7.05 Å². The number of hydrogen-bond acceptors (Lipinski definition) is 4. The number of allylic oxidation sites excluding steroid dienone is 12. The van der Waals surface area contributed by atoms with E-state index in [4.69, 9.17) is 15.0 Å². The van der Waals surface area contributed by atoms with Gasteiger partial charge in [-0.05, 0) is 84.0 Å². The van der Waals surface area contributed by atoms with E-state index in [1.165, 1.54) is 0 Å². The van der Waals surface area contributed by atoms with Crippen molar-refractivity contribution < 1.29 is 4.57 Å². The standard InChI is InChI=1S/C32H25N6/c1-37-15-11-21(12-16-37)31-27-7-3-23(33-27)19-25-5-9-29(35-25)32(22-13-17-38(2)18-14-22)30-10-6-26(36-30)20-24-4-8-28(31)34-24/h3-20,33H,1-2H3/q+1. The molecule has 0 saturated carbocycles. The highest BCUT2D eigenvalue weighted by Crippen LogP contribution is 2.32. The lowest BCUT2D eigenvalue weighted by Crippen LogP contribution is -2.26. The van der Waals surface area contributed by atoms with E-state index in [-0.39, 0.29) is 0 Å². The monoisotopic (exact) mass is 493 g/mol. The topological polar surface area (TPSA) is 60.0 Å². The molecule has 0 aliphatic carbocycles. The SMILES string of the molecule is CN1C=CC(=C2C3=NC(=CC4=NC(=C(c5cc[n+](C)cc5)C5=NC(=Cc6ccc2[nH]6)C=C5)C=C4)C=C3)C=C1. The molecule has 38 heavy (non-hydrogen) atoms. The number of aliphatic imine (C=N–C) groups is 3. The van der Waals surface area contributed by atoms with Crippen LogP contribution in [0.3, 0.4) is 0 Å². The summed E-state index contributed by atoms with van der Waals surface area (Å²) in [5.41, 5.74) is 11.5. The molecule has 2 aromatic heterocycles. The second-order valence-corrected chi connectivity index (χ2v) is 9.64. The van der Waals surface area contributed by atoms with Crippen LogP contribution in [0.4, 0.5) is 0 Å². The van der Waals surface area contributed by atoms with Crippen LogP contribution < -0.4 is 4.57 Å². The van der Waals surface area contributed by atoms with Gasteiger partial charge in [-0.15, -0.1) is 0 Å². The highest BCUT2D eigenvalue weighted by molar-refractivity contribution is 6.33. The van der Waals surface area contributed by atoms with Gasteiger partial charge in [0.1, 0.15) is 7.05 Å². The predicted molar refractivity (Wildman–Crippen MR) is 154 cm³/mol. The Labute approximate surface area is 221 Å². The molecule has 5 aliphatic rings. The number of hydrogen-bond donors (Lipinski definition) is 1. The van der Waals surface area contributed by atoms with Gasteiger partial charge in [0.15, 0.2) is 12.4 Å². The molecule has 1 N–H and O–H groups in total. The summed E-state index contributed by atoms with van der Waals surface area (Å²) < 4.78 is 2.02. The van der Waals surface area contributed by atoms with Crippen LogP contribution in [0.15, 0.2) is 141 Å². The maximum atomic E-state index is 4.99. The van der Waals surface area contributed by atoms with Crippen molar-refractivity contribution in [2.45, 2.75) is 0 Å². The zero-order chi connectivity index (χ0) is 25.6. The fraction of sp³-hybridized carbons (Fsp3) is 0.0625. The summed E-state index contributed by atoms with van der Waals surface area (Å²) in [6.07, 6.45) is 28.9. The molecule has 0 unspecified atom stereocenters. The minimum atomic E-state index is 0.865. The maximum Gasteiger partial charge on any atom is 0.169 e. The van der Waals surface area contributed by atoms with E-state index >= 15 is 0 Å². The van der Waals surface area contributed by atoms with Gasteiger partial charge in [-0.3, -0.25) is 0 Å². The quantitative estimate of drug-likeness (QED) is 0.542. The Bertz CT molecular complexity index is 1740. The molecular formula is C32H25N6+. The molecule has 0 fully saturated rings. The van der Waals surface area contributed by atoms with Crippen LogP contribution in [0, 0.1) is 0 Å². The molecule has 0 radical (unpaired) electrons. The van der Waals surface area contributed by atoms with Crippen LogP contribution in [0.2, 0.25) is 0 Å². The van der Waals surface area contributed by atoms with Gasteiger partial charge in [0.05, 0.1) is 34.2 Å². The van der Waals surface area contributed by atoms with Crippen molar-refractivity contribution in [3.63, 3.8) is 0 Å². The molecular weight excluding hydrogens is 468 g/mol. The second-order valence-electron chi connectivity index (χ2n) is 9.64. The highest BCUT2D eigenvalue weighted by atomic mass is 15.0. The highest BCUT2D eigenvalue weighted by Gasteiger charge is 2.21. The van der Waals surface area contributed by atoms with Crippen LogP contribution in [0.25, 0.3) is 17.2 Å². The molecule has 6 nitrogen and oxygen atoms in total. The van der Waals surface area contributed by atoms with E-state index in [2.05, 4.69) is 84.2 Å². The van der Waals surface area contributed by atoms with E-state index in [0.717, 1.165) is 67.9 Å². The van der Waals surface area contributed by atoms with Crippen LogP contribution >= 0.6 is 0 Å². The molecule has 7 heterocycles. The first kappa shape index (κ1) is 22.1. The fourth-order valence-corrected chi connectivity index (χ4v) is 4.95. The van der Waals surface area contributed by atoms with Gasteiger partial charge in [0, 0.05) is 54.1 Å². The number of aromatic amines is 1. The first-order valence-corrected chi connectivity index (χ1v) is 12.6. The van der Waals surface area contributed by atoms with E-state index in [1.54, 1.807) is 0 Å². The number of rotatable bonds is 1. The molecule has 5 aliphatic heterocycles. The molecule has 2 aromatic rings. The molecule has 182 valence electrons. The third kappa shape index (κ3) is 4.02. The van der Waals surface area contributed by atoms with Gasteiger partial charge in [-0.2, -0.15) is 0 Å². The third-order valence-electron chi connectivity index (χ3n) is 6.86. The number of fused-ring (bicyclic) bond motifs is 5. The number of nitrogens with zero attached hydrogens (tertiary/aromatic N) is 5. The Morgan fingerprint density at radius 1 is 0.711 bits per heavy atom. The van der Waals surface area contributed by atoms with Crippen LogP contribution in [-0.4, -0.2) is 34.1 Å². The van der Waals surface area contributed by atoms with E-state index in [0.29, 0.717) is 0 Å². The summed E-state index contributed by atoms with van der Waals surface area (Å²) in [6, 6.07) is 8.41. The van der Waals surface area contributed by atoms with Gasteiger partial charge >= 0.3 is 0 Å². The van der Waals surface area contributed by atoms with E-state index in [1.807, 2.05) is 54.2 Å². The van der Waals surface area contributed by atoms with Crippen molar-refractivity contribution >= 4 is 34.4 Å². The summed E-state index contributed by atoms with van der Waals surface area (Å²) >= 11 is 0. The van der Waals surface area contributed by atoms with Gasteiger partial charge in [-0.25, -0.2) is 19.5 Å². The summed E-state index contributed by atoms with van der Waals surface area (Å²) in [4.78, 5) is 20.6. The zero-order valence-electron chi connectivity index (χ0n) is 21.1. The fourth-order valence-electron chi connectivity index (χ4n) is 4.95. The van der Waals surface area contributed by atoms with Gasteiger partial charge in [0.2, 0.25) is 0 Å². The van der Waals surface area contributed by atoms with Crippen molar-refractivity contribution in [2.24, 2.45) is 22.0 Å². The number of pyridine rings is 1. The van der Waals surface area contributed by atoms with Crippen molar-refractivity contribution in [1.29, 1.82) is 0 Å². The second kappa shape index (κ2) is 8.78. The molecule has 0 atom stereocenters. The molecule has 8 bridgehead atoms. The Hall–Kier alpha value is -5.10. The molecule has 7 rings (SSSR count). The number of aromatic nitrogens is 2. The Kier molecular flexibility index (Phi) is 5.11. The molecule has 0 saturated heterocycles. The minimum absolute atomic E-state index is 0.865. The van der Waals surface area contributed by atoms with Gasteiger partial charge < -0.3 is 9.88 Å². The van der Waals surface area contributed by atoms with E-state index < -0.39 is 0 Å². The van der Waals surface area contributed by atoms with Gasteiger partial charge in [-0.1, -0.05) is 0 Å². The smallest absolute Gasteiger partial charge is 0.169 e. The molecule has 0 spiro atoms. The molecule has 6 heteroatoms. The average Bonchev–Trinajstić information content (AvgIpc) is 3.72. The lowest BCUT2D eigenvalue weighted by atomic mass is 9.99. The summed E-state index contributed by atoms with van der Waals surface area (Å²) in [5.74, 6) is 0.